The van der Waals surface area contributed by atoms with E-state index in [2.05, 4.69) is 55.1 Å². The van der Waals surface area contributed by atoms with E-state index >= 15 is 0 Å². The molecule has 0 saturated carbocycles. The number of aryl methyl sites for hydroxylation is 2. The molecule has 1 aliphatic rings. The van der Waals surface area contributed by atoms with Gasteiger partial charge in [0.15, 0.2) is 0 Å². The summed E-state index contributed by atoms with van der Waals surface area (Å²) in [4.78, 5) is 0. The normalized spacial score (nSPS) is 21.3. The molecule has 1 N–H and O–H groups in total. The Hall–Kier alpha value is -0.380. The SMILES string of the molecule is CNC(c1c(C)cc(C)c(Br)c1C)C1CCOC1. The van der Waals surface area contributed by atoms with Crippen molar-refractivity contribution in [3.8, 4) is 0 Å². The largest absolute Gasteiger partial charge is 0.381 e. The van der Waals surface area contributed by atoms with E-state index in [1.807, 2.05) is 0 Å². The Morgan fingerprint density at radius 3 is 2.61 bits per heavy atom. The van der Waals surface area contributed by atoms with Crippen LogP contribution in [0.4, 0.5) is 0 Å². The fraction of sp³-hybridized carbons (Fsp3) is 0.600. The van der Waals surface area contributed by atoms with Gasteiger partial charge in [0, 0.05) is 23.0 Å². The van der Waals surface area contributed by atoms with Gasteiger partial charge in [-0.1, -0.05) is 22.0 Å². The first-order chi connectivity index (χ1) is 8.56. The van der Waals surface area contributed by atoms with Crippen molar-refractivity contribution in [1.29, 1.82) is 0 Å². The standard InChI is InChI=1S/C15H22BrNO/c1-9-7-10(2)14(16)11(3)13(9)15(17-4)12-5-6-18-8-12/h7,12,15,17H,5-6,8H2,1-4H3. The molecule has 3 heteroatoms. The fourth-order valence-corrected chi connectivity index (χ4v) is 3.41. The lowest BCUT2D eigenvalue weighted by Gasteiger charge is -2.27. The lowest BCUT2D eigenvalue weighted by molar-refractivity contribution is 0.177. The average Bonchev–Trinajstić information content (AvgIpc) is 2.85. The third-order valence-corrected chi connectivity index (χ3v) is 5.22. The van der Waals surface area contributed by atoms with Crippen LogP contribution in [0.5, 0.6) is 0 Å². The molecular formula is C15H22BrNO. The summed E-state index contributed by atoms with van der Waals surface area (Å²) in [6, 6.07) is 2.66. The van der Waals surface area contributed by atoms with Crippen LogP contribution in [0.15, 0.2) is 10.5 Å². The lowest BCUT2D eigenvalue weighted by Crippen LogP contribution is -2.27. The third kappa shape index (κ3) is 2.49. The van der Waals surface area contributed by atoms with Crippen LogP contribution < -0.4 is 5.32 Å². The van der Waals surface area contributed by atoms with E-state index in [9.17, 15) is 0 Å². The third-order valence-electron chi connectivity index (χ3n) is 4.00. The highest BCUT2D eigenvalue weighted by Crippen LogP contribution is 2.36. The van der Waals surface area contributed by atoms with E-state index in [1.165, 1.54) is 26.7 Å². The van der Waals surface area contributed by atoms with Gasteiger partial charge < -0.3 is 10.1 Å². The topological polar surface area (TPSA) is 21.3 Å². The summed E-state index contributed by atoms with van der Waals surface area (Å²) in [7, 11) is 2.05. The average molecular weight is 312 g/mol. The zero-order valence-corrected chi connectivity index (χ0v) is 13.2. The highest BCUT2D eigenvalue weighted by molar-refractivity contribution is 9.10. The van der Waals surface area contributed by atoms with Crippen LogP contribution in [-0.4, -0.2) is 20.3 Å². The first-order valence-corrected chi connectivity index (χ1v) is 7.36. The molecule has 1 aliphatic heterocycles. The van der Waals surface area contributed by atoms with Gasteiger partial charge in [0.1, 0.15) is 0 Å². The maximum atomic E-state index is 5.54. The zero-order valence-electron chi connectivity index (χ0n) is 11.6. The van der Waals surface area contributed by atoms with Crippen LogP contribution in [0.2, 0.25) is 0 Å². The molecule has 2 nitrogen and oxygen atoms in total. The number of halogens is 1. The number of hydrogen-bond donors (Lipinski definition) is 1. The predicted molar refractivity (Wildman–Crippen MR) is 79.1 cm³/mol. The first kappa shape index (κ1) is 14.0. The molecule has 1 fully saturated rings. The number of benzene rings is 1. The van der Waals surface area contributed by atoms with E-state index in [-0.39, 0.29) is 0 Å². The highest BCUT2D eigenvalue weighted by atomic mass is 79.9. The van der Waals surface area contributed by atoms with Gasteiger partial charge >= 0.3 is 0 Å². The van der Waals surface area contributed by atoms with Crippen molar-refractivity contribution in [2.75, 3.05) is 20.3 Å². The summed E-state index contributed by atoms with van der Waals surface area (Å²) in [6.07, 6.45) is 1.15. The van der Waals surface area contributed by atoms with Gasteiger partial charge in [-0.05, 0) is 56.5 Å². The van der Waals surface area contributed by atoms with Crippen molar-refractivity contribution in [1.82, 2.24) is 5.32 Å². The van der Waals surface area contributed by atoms with Crippen LogP contribution >= 0.6 is 15.9 Å². The Morgan fingerprint density at radius 2 is 2.06 bits per heavy atom. The van der Waals surface area contributed by atoms with E-state index < -0.39 is 0 Å². The number of rotatable bonds is 3. The van der Waals surface area contributed by atoms with E-state index in [4.69, 9.17) is 4.74 Å². The van der Waals surface area contributed by atoms with E-state index in [0.717, 1.165) is 19.6 Å². The molecule has 2 rings (SSSR count). The molecule has 2 unspecified atom stereocenters. The van der Waals surface area contributed by atoms with Gasteiger partial charge in [0.25, 0.3) is 0 Å². The van der Waals surface area contributed by atoms with Crippen LogP contribution in [0, 0.1) is 26.7 Å². The Labute approximate surface area is 118 Å². The summed E-state index contributed by atoms with van der Waals surface area (Å²) in [6.45, 7) is 8.34. The molecule has 0 amide bonds. The van der Waals surface area contributed by atoms with Gasteiger partial charge in [-0.15, -0.1) is 0 Å². The van der Waals surface area contributed by atoms with Gasteiger partial charge in [0.2, 0.25) is 0 Å². The van der Waals surface area contributed by atoms with Gasteiger partial charge in [-0.25, -0.2) is 0 Å². The Morgan fingerprint density at radius 1 is 1.33 bits per heavy atom. The van der Waals surface area contributed by atoms with Crippen molar-refractivity contribution >= 4 is 15.9 Å². The molecule has 18 heavy (non-hydrogen) atoms. The molecule has 0 aromatic heterocycles. The maximum absolute atomic E-state index is 5.54. The second-order valence-electron chi connectivity index (χ2n) is 5.25. The van der Waals surface area contributed by atoms with Gasteiger partial charge in [-0.2, -0.15) is 0 Å². The Kier molecular flexibility index (Phi) is 4.46. The highest BCUT2D eigenvalue weighted by Gasteiger charge is 2.28. The minimum Gasteiger partial charge on any atom is -0.381 e. The van der Waals surface area contributed by atoms with Crippen LogP contribution in [-0.2, 0) is 4.74 Å². The van der Waals surface area contributed by atoms with Crippen LogP contribution in [0.3, 0.4) is 0 Å². The fourth-order valence-electron chi connectivity index (χ4n) is 3.09. The molecule has 100 valence electrons. The number of ether oxygens (including phenoxy) is 1. The summed E-state index contributed by atoms with van der Waals surface area (Å²) >= 11 is 3.71. The van der Waals surface area contributed by atoms with Crippen LogP contribution in [0.1, 0.15) is 34.7 Å². The number of nitrogens with one attached hydrogen (secondary N) is 1. The molecule has 1 aromatic carbocycles. The van der Waals surface area contributed by atoms with Crippen molar-refractivity contribution in [2.24, 2.45) is 5.92 Å². The van der Waals surface area contributed by atoms with E-state index in [0.29, 0.717) is 12.0 Å². The van der Waals surface area contributed by atoms with Crippen molar-refractivity contribution < 1.29 is 4.74 Å². The molecule has 2 atom stereocenters. The van der Waals surface area contributed by atoms with Crippen molar-refractivity contribution in [3.63, 3.8) is 0 Å². The second kappa shape index (κ2) is 5.72. The molecule has 1 aromatic rings. The van der Waals surface area contributed by atoms with Gasteiger partial charge in [-0.3, -0.25) is 0 Å². The predicted octanol–water partition coefficient (Wildman–Crippen LogP) is 3.67. The second-order valence-corrected chi connectivity index (χ2v) is 6.05. The summed E-state index contributed by atoms with van der Waals surface area (Å²) in [5.74, 6) is 0.585. The Bertz CT molecular complexity index is 439. The minimum atomic E-state index is 0.393. The van der Waals surface area contributed by atoms with Gasteiger partial charge in [0.05, 0.1) is 6.61 Å². The Balaban J connectivity index is 2.44. The molecular weight excluding hydrogens is 290 g/mol. The minimum absolute atomic E-state index is 0.393. The monoisotopic (exact) mass is 311 g/mol. The molecule has 0 spiro atoms. The van der Waals surface area contributed by atoms with Crippen molar-refractivity contribution in [2.45, 2.75) is 33.2 Å². The smallest absolute Gasteiger partial charge is 0.0513 e. The van der Waals surface area contributed by atoms with Crippen LogP contribution in [0.25, 0.3) is 0 Å². The quantitative estimate of drug-likeness (QED) is 0.919. The molecule has 0 bridgehead atoms. The van der Waals surface area contributed by atoms with E-state index in [1.54, 1.807) is 0 Å². The zero-order chi connectivity index (χ0) is 13.3. The molecule has 0 radical (unpaired) electrons. The summed E-state index contributed by atoms with van der Waals surface area (Å²) < 4.78 is 6.78. The summed E-state index contributed by atoms with van der Waals surface area (Å²) in [5, 5.41) is 3.49. The molecule has 0 aliphatic carbocycles. The summed E-state index contributed by atoms with van der Waals surface area (Å²) in [5.41, 5.74) is 5.48. The maximum Gasteiger partial charge on any atom is 0.0513 e. The lowest BCUT2D eigenvalue weighted by atomic mass is 9.86. The first-order valence-electron chi connectivity index (χ1n) is 6.57. The van der Waals surface area contributed by atoms with Crippen molar-refractivity contribution in [3.05, 3.63) is 32.8 Å². The number of hydrogen-bond acceptors (Lipinski definition) is 2. The molecule has 1 saturated heterocycles. The molecule has 1 heterocycles.